The first kappa shape index (κ1) is 16.2. The molecule has 0 aliphatic rings. The molecule has 0 saturated heterocycles. The molecule has 0 aromatic carbocycles. The summed E-state index contributed by atoms with van der Waals surface area (Å²) in [5.41, 5.74) is 0. The molecule has 2 N–H and O–H groups in total. The maximum atomic E-state index is 11.4. The third-order valence-electron chi connectivity index (χ3n) is 2.00. The molecular formula is C10H23N3O3S. The number of carbonyl (C=O) groups excluding carboxylic acids is 1. The number of carbonyl (C=O) groups is 1. The molecular weight excluding hydrogens is 242 g/mol. The number of ether oxygens (including phenoxy) is 1. The van der Waals surface area contributed by atoms with Crippen LogP contribution in [0, 0.1) is 0 Å². The van der Waals surface area contributed by atoms with Gasteiger partial charge in [-0.05, 0) is 6.42 Å². The number of methoxy groups -OCH3 is 1. The summed E-state index contributed by atoms with van der Waals surface area (Å²) in [6, 6.07) is -0.235. The molecule has 0 aliphatic heterocycles. The summed E-state index contributed by atoms with van der Waals surface area (Å²) >= 11 is 0. The normalized spacial score (nSPS) is 12.9. The molecule has 6 nitrogen and oxygen atoms in total. The summed E-state index contributed by atoms with van der Waals surface area (Å²) in [6.07, 6.45) is 3.95. The van der Waals surface area contributed by atoms with Crippen molar-refractivity contribution in [3.8, 4) is 0 Å². The van der Waals surface area contributed by atoms with Crippen LogP contribution in [0.3, 0.4) is 0 Å². The summed E-state index contributed by atoms with van der Waals surface area (Å²) in [4.78, 5) is 11.4. The van der Waals surface area contributed by atoms with Gasteiger partial charge < -0.3 is 15.4 Å². The summed E-state index contributed by atoms with van der Waals surface area (Å²) in [7, 11) is -0.478. The highest BCUT2D eigenvalue weighted by atomic mass is 32.2. The maximum absolute atomic E-state index is 11.4. The van der Waals surface area contributed by atoms with E-state index in [1.54, 1.807) is 19.6 Å². The lowest BCUT2D eigenvalue weighted by atomic mass is 10.2. The van der Waals surface area contributed by atoms with Crippen LogP contribution in [0.5, 0.6) is 0 Å². The number of hydrogen-bond acceptors (Lipinski definition) is 4. The first-order valence-electron chi connectivity index (χ1n) is 5.55. The minimum absolute atomic E-state index is 0.0125. The van der Waals surface area contributed by atoms with Gasteiger partial charge in [0.05, 0.1) is 19.2 Å². The standard InChI is InChI=1S/C10H23N3O3S/c1-5-9(8-16-2)13-10(14)11-6-7-12-17(3,4)15/h9H,5-8H2,1-4H3,(H2,11,13,14). The van der Waals surface area contributed by atoms with Crippen LogP contribution in [-0.2, 0) is 14.5 Å². The average molecular weight is 265 g/mol. The van der Waals surface area contributed by atoms with Gasteiger partial charge in [-0.1, -0.05) is 6.92 Å². The van der Waals surface area contributed by atoms with Crippen LogP contribution in [0.2, 0.25) is 0 Å². The van der Waals surface area contributed by atoms with Crippen molar-refractivity contribution in [2.45, 2.75) is 19.4 Å². The van der Waals surface area contributed by atoms with E-state index >= 15 is 0 Å². The zero-order chi connectivity index (χ0) is 13.3. The van der Waals surface area contributed by atoms with Crippen LogP contribution in [0.15, 0.2) is 4.36 Å². The molecule has 2 amide bonds. The SMILES string of the molecule is CCC(COC)NC(=O)NCCN=S(C)(C)=O. The Morgan fingerprint density at radius 2 is 2.12 bits per heavy atom. The number of urea groups is 1. The first-order valence-corrected chi connectivity index (χ1v) is 7.88. The van der Waals surface area contributed by atoms with Crippen molar-refractivity contribution < 1.29 is 13.7 Å². The molecule has 102 valence electrons. The van der Waals surface area contributed by atoms with Crippen LogP contribution >= 0.6 is 0 Å². The van der Waals surface area contributed by atoms with Crippen molar-refractivity contribution in [2.75, 3.05) is 39.3 Å². The fraction of sp³-hybridized carbons (Fsp3) is 0.900. The van der Waals surface area contributed by atoms with Gasteiger partial charge in [0.1, 0.15) is 0 Å². The topological polar surface area (TPSA) is 79.8 Å². The zero-order valence-corrected chi connectivity index (χ0v) is 11.8. The highest BCUT2D eigenvalue weighted by Gasteiger charge is 2.08. The van der Waals surface area contributed by atoms with E-state index in [0.29, 0.717) is 19.7 Å². The van der Waals surface area contributed by atoms with E-state index in [-0.39, 0.29) is 12.1 Å². The van der Waals surface area contributed by atoms with E-state index in [1.807, 2.05) is 6.92 Å². The molecule has 0 radical (unpaired) electrons. The van der Waals surface area contributed by atoms with Crippen LogP contribution in [-0.4, -0.2) is 55.6 Å². The second-order valence-electron chi connectivity index (χ2n) is 3.99. The Hall–Kier alpha value is -0.820. The second kappa shape index (κ2) is 8.30. The van der Waals surface area contributed by atoms with E-state index in [9.17, 15) is 9.00 Å². The van der Waals surface area contributed by atoms with Gasteiger partial charge in [-0.3, -0.25) is 4.21 Å². The van der Waals surface area contributed by atoms with Gasteiger partial charge in [-0.2, -0.15) is 0 Å². The average Bonchev–Trinajstić information content (AvgIpc) is 2.22. The molecule has 1 unspecified atom stereocenters. The Morgan fingerprint density at radius 3 is 2.59 bits per heavy atom. The van der Waals surface area contributed by atoms with Gasteiger partial charge in [0.25, 0.3) is 0 Å². The van der Waals surface area contributed by atoms with Gasteiger partial charge >= 0.3 is 6.03 Å². The van der Waals surface area contributed by atoms with Crippen LogP contribution in [0.25, 0.3) is 0 Å². The van der Waals surface area contributed by atoms with Gasteiger partial charge in [0, 0.05) is 35.9 Å². The number of nitrogens with zero attached hydrogens (tertiary/aromatic N) is 1. The predicted molar refractivity (Wildman–Crippen MR) is 69.8 cm³/mol. The molecule has 0 rings (SSSR count). The fourth-order valence-electron chi connectivity index (χ4n) is 1.13. The molecule has 1 atom stereocenters. The maximum Gasteiger partial charge on any atom is 0.315 e. The molecule has 17 heavy (non-hydrogen) atoms. The van der Waals surface area contributed by atoms with Crippen molar-refractivity contribution in [3.05, 3.63) is 0 Å². The van der Waals surface area contributed by atoms with Crippen molar-refractivity contribution in [1.82, 2.24) is 10.6 Å². The zero-order valence-electron chi connectivity index (χ0n) is 11.0. The second-order valence-corrected chi connectivity index (χ2v) is 6.62. The summed E-state index contributed by atoms with van der Waals surface area (Å²) in [5, 5.41) is 5.43. The van der Waals surface area contributed by atoms with E-state index in [2.05, 4.69) is 15.0 Å². The Kier molecular flexibility index (Phi) is 7.90. The van der Waals surface area contributed by atoms with E-state index in [0.717, 1.165) is 6.42 Å². The molecule has 0 fully saturated rings. The number of nitrogens with one attached hydrogen (secondary N) is 2. The highest BCUT2D eigenvalue weighted by Crippen LogP contribution is 1.90. The van der Waals surface area contributed by atoms with Gasteiger partial charge in [0.2, 0.25) is 0 Å². The van der Waals surface area contributed by atoms with Gasteiger partial charge in [0.15, 0.2) is 0 Å². The Labute approximate surface area is 104 Å². The summed E-state index contributed by atoms with van der Waals surface area (Å²) in [5.74, 6) is 0. The minimum atomic E-state index is -2.08. The molecule has 0 aromatic heterocycles. The van der Waals surface area contributed by atoms with Crippen LogP contribution in [0.1, 0.15) is 13.3 Å². The highest BCUT2D eigenvalue weighted by molar-refractivity contribution is 7.92. The third kappa shape index (κ3) is 10.1. The van der Waals surface area contributed by atoms with Crippen molar-refractivity contribution in [3.63, 3.8) is 0 Å². The lowest BCUT2D eigenvalue weighted by Gasteiger charge is -2.16. The van der Waals surface area contributed by atoms with E-state index < -0.39 is 9.73 Å². The lowest BCUT2D eigenvalue weighted by Crippen LogP contribution is -2.44. The Morgan fingerprint density at radius 1 is 1.47 bits per heavy atom. The van der Waals surface area contributed by atoms with E-state index in [4.69, 9.17) is 4.74 Å². The minimum Gasteiger partial charge on any atom is -0.383 e. The number of rotatable bonds is 7. The van der Waals surface area contributed by atoms with Crippen molar-refractivity contribution in [2.24, 2.45) is 4.36 Å². The molecule has 0 spiro atoms. The molecule has 0 aromatic rings. The van der Waals surface area contributed by atoms with Crippen molar-refractivity contribution >= 4 is 15.8 Å². The lowest BCUT2D eigenvalue weighted by molar-refractivity contribution is 0.164. The molecule has 0 saturated carbocycles. The van der Waals surface area contributed by atoms with Gasteiger partial charge in [-0.25, -0.2) is 9.16 Å². The smallest absolute Gasteiger partial charge is 0.315 e. The first-order chi connectivity index (χ1) is 7.89. The Balaban J connectivity index is 3.83. The Bertz CT molecular complexity index is 330. The molecule has 0 aliphatic carbocycles. The van der Waals surface area contributed by atoms with Crippen LogP contribution < -0.4 is 10.6 Å². The number of hydrogen-bond donors (Lipinski definition) is 2. The molecule has 7 heteroatoms. The summed E-state index contributed by atoms with van der Waals surface area (Å²) < 4.78 is 20.1. The van der Waals surface area contributed by atoms with Crippen molar-refractivity contribution in [1.29, 1.82) is 0 Å². The fourth-order valence-corrected chi connectivity index (χ4v) is 1.67. The van der Waals surface area contributed by atoms with Gasteiger partial charge in [-0.15, -0.1) is 0 Å². The summed E-state index contributed by atoms with van der Waals surface area (Å²) in [6.45, 7) is 3.21. The van der Waals surface area contributed by atoms with E-state index in [1.165, 1.54) is 0 Å². The molecule has 0 heterocycles. The monoisotopic (exact) mass is 265 g/mol. The largest absolute Gasteiger partial charge is 0.383 e. The number of amides is 2. The quantitative estimate of drug-likeness (QED) is 0.655. The third-order valence-corrected chi connectivity index (χ3v) is 2.80. The molecule has 0 bridgehead atoms. The van der Waals surface area contributed by atoms with Crippen LogP contribution in [0.4, 0.5) is 4.79 Å². The predicted octanol–water partition coefficient (Wildman–Crippen LogP) is 0.438.